The Morgan fingerprint density at radius 2 is 2.00 bits per heavy atom. The number of anilines is 1. The molecule has 4 aromatic rings. The van der Waals surface area contributed by atoms with Gasteiger partial charge in [0.25, 0.3) is 0 Å². The van der Waals surface area contributed by atoms with Crippen LogP contribution in [0.25, 0.3) is 21.3 Å². The number of carbonyl (C=O) groups is 2. The first kappa shape index (κ1) is 21.3. The molecule has 4 N–H and O–H groups in total. The number of aromatic nitrogens is 3. The van der Waals surface area contributed by atoms with Crippen LogP contribution in [0.3, 0.4) is 0 Å². The molecule has 9 heteroatoms. The zero-order valence-electron chi connectivity index (χ0n) is 17.9. The predicted octanol–water partition coefficient (Wildman–Crippen LogP) is 3.22. The van der Waals surface area contributed by atoms with Crippen LogP contribution in [-0.4, -0.2) is 51.5 Å². The molecule has 2 aromatic carbocycles. The summed E-state index contributed by atoms with van der Waals surface area (Å²) < 4.78 is 0.981. The van der Waals surface area contributed by atoms with Gasteiger partial charge in [0.2, 0.25) is 11.8 Å². The molecule has 1 saturated heterocycles. The number of nitrogens with one attached hydrogen (secondary N) is 2. The second kappa shape index (κ2) is 9.13. The van der Waals surface area contributed by atoms with E-state index in [0.717, 1.165) is 26.9 Å². The van der Waals surface area contributed by atoms with Crippen molar-refractivity contribution in [2.24, 2.45) is 11.7 Å². The summed E-state index contributed by atoms with van der Waals surface area (Å²) >= 11 is 1.44. The van der Waals surface area contributed by atoms with Crippen LogP contribution in [0, 0.1) is 5.92 Å². The van der Waals surface area contributed by atoms with Crippen LogP contribution in [0.2, 0.25) is 0 Å². The molecule has 1 aliphatic rings. The summed E-state index contributed by atoms with van der Waals surface area (Å²) in [5.41, 5.74) is 9.49. The summed E-state index contributed by atoms with van der Waals surface area (Å²) in [5, 5.41) is 10.4. The fraction of sp³-hybridized carbons (Fsp3) is 0.250. The number of nitrogens with zero attached hydrogens (tertiary/aromatic N) is 3. The Labute approximate surface area is 194 Å². The number of H-pyrrole nitrogens is 1. The molecule has 2 aromatic heterocycles. The number of thiazole rings is 1. The summed E-state index contributed by atoms with van der Waals surface area (Å²) in [6.45, 7) is 1.18. The molecule has 8 nitrogen and oxygen atoms in total. The normalized spacial score (nSPS) is 18.0. The van der Waals surface area contributed by atoms with Gasteiger partial charge in [-0.05, 0) is 23.3 Å². The van der Waals surface area contributed by atoms with E-state index in [2.05, 4.69) is 20.5 Å². The minimum absolute atomic E-state index is 0.0134. The lowest BCUT2D eigenvalue weighted by Gasteiger charge is -2.17. The molecular formula is C24H24N6O2S. The SMILES string of the molecule is NCCC(=O)N1CC(C(=O)Nc2nc3ccc(-c4cn[nH]c4)cc3s2)C(c2ccccc2)C1. The molecule has 5 rings (SSSR count). The Morgan fingerprint density at radius 1 is 1.15 bits per heavy atom. The third-order valence-corrected chi connectivity index (χ3v) is 6.98. The van der Waals surface area contributed by atoms with Gasteiger partial charge in [0.15, 0.2) is 5.13 Å². The van der Waals surface area contributed by atoms with Gasteiger partial charge in [-0.1, -0.05) is 47.7 Å². The molecule has 0 radical (unpaired) electrons. The summed E-state index contributed by atoms with van der Waals surface area (Å²) in [6.07, 6.45) is 3.89. The van der Waals surface area contributed by atoms with E-state index in [1.54, 1.807) is 11.1 Å². The van der Waals surface area contributed by atoms with Gasteiger partial charge < -0.3 is 16.0 Å². The standard InChI is InChI=1S/C24H24N6O2S/c25-9-8-22(31)30-13-18(15-4-2-1-3-5-15)19(14-30)23(32)29-24-28-20-7-6-16(10-21(20)33-24)17-11-26-27-12-17/h1-7,10-12,18-19H,8-9,13-14,25H2,(H,26,27)(H,28,29,32). The highest BCUT2D eigenvalue weighted by Gasteiger charge is 2.40. The van der Waals surface area contributed by atoms with E-state index >= 15 is 0 Å². The molecule has 2 amide bonds. The first-order valence-electron chi connectivity index (χ1n) is 10.9. The largest absolute Gasteiger partial charge is 0.341 e. The number of rotatable bonds is 6. The zero-order chi connectivity index (χ0) is 22.8. The van der Waals surface area contributed by atoms with E-state index in [1.807, 2.05) is 54.7 Å². The maximum absolute atomic E-state index is 13.3. The van der Waals surface area contributed by atoms with Crippen molar-refractivity contribution in [2.45, 2.75) is 12.3 Å². The molecule has 33 heavy (non-hydrogen) atoms. The van der Waals surface area contributed by atoms with Gasteiger partial charge in [0.05, 0.1) is 22.3 Å². The molecule has 3 heterocycles. The molecular weight excluding hydrogens is 436 g/mol. The average Bonchev–Trinajstić information content (AvgIpc) is 3.58. The van der Waals surface area contributed by atoms with Crippen molar-refractivity contribution in [2.75, 3.05) is 25.0 Å². The molecule has 168 valence electrons. The highest BCUT2D eigenvalue weighted by atomic mass is 32.1. The molecule has 0 saturated carbocycles. The molecule has 2 unspecified atom stereocenters. The van der Waals surface area contributed by atoms with Crippen LogP contribution in [0.1, 0.15) is 17.9 Å². The average molecular weight is 461 g/mol. The number of carbonyl (C=O) groups excluding carboxylic acids is 2. The number of fused-ring (bicyclic) bond motifs is 1. The molecule has 0 bridgehead atoms. The second-order valence-corrected chi connectivity index (χ2v) is 9.17. The number of hydrogen-bond donors (Lipinski definition) is 3. The van der Waals surface area contributed by atoms with Crippen molar-refractivity contribution in [3.63, 3.8) is 0 Å². The summed E-state index contributed by atoms with van der Waals surface area (Å²) in [5.74, 6) is -0.570. The van der Waals surface area contributed by atoms with Crippen LogP contribution < -0.4 is 11.1 Å². The van der Waals surface area contributed by atoms with Gasteiger partial charge in [-0.25, -0.2) is 4.98 Å². The minimum atomic E-state index is -0.359. The fourth-order valence-corrected chi connectivity index (χ4v) is 5.27. The van der Waals surface area contributed by atoms with Crippen molar-refractivity contribution in [1.29, 1.82) is 0 Å². The van der Waals surface area contributed by atoms with Gasteiger partial charge >= 0.3 is 0 Å². The lowest BCUT2D eigenvalue weighted by molar-refractivity contribution is -0.130. The van der Waals surface area contributed by atoms with E-state index in [-0.39, 0.29) is 30.1 Å². The number of amides is 2. The third kappa shape index (κ3) is 4.37. The maximum Gasteiger partial charge on any atom is 0.231 e. The number of hydrogen-bond acceptors (Lipinski definition) is 6. The first-order valence-corrected chi connectivity index (χ1v) is 11.7. The topological polar surface area (TPSA) is 117 Å². The molecule has 0 aliphatic carbocycles. The Balaban J connectivity index is 1.37. The minimum Gasteiger partial charge on any atom is -0.341 e. The van der Waals surface area contributed by atoms with Crippen molar-refractivity contribution in [1.82, 2.24) is 20.1 Å². The number of benzene rings is 2. The number of nitrogens with two attached hydrogens (primary N) is 1. The predicted molar refractivity (Wildman–Crippen MR) is 129 cm³/mol. The summed E-state index contributed by atoms with van der Waals surface area (Å²) in [7, 11) is 0. The van der Waals surface area contributed by atoms with Crippen molar-refractivity contribution >= 4 is 38.5 Å². The van der Waals surface area contributed by atoms with Crippen LogP contribution in [0.15, 0.2) is 60.9 Å². The van der Waals surface area contributed by atoms with E-state index in [9.17, 15) is 9.59 Å². The van der Waals surface area contributed by atoms with E-state index < -0.39 is 0 Å². The summed E-state index contributed by atoms with van der Waals surface area (Å²) in [6, 6.07) is 15.9. The third-order valence-electron chi connectivity index (χ3n) is 6.05. The Morgan fingerprint density at radius 3 is 2.76 bits per heavy atom. The summed E-state index contributed by atoms with van der Waals surface area (Å²) in [4.78, 5) is 32.2. The number of likely N-dealkylation sites (tertiary alicyclic amines) is 1. The quantitative estimate of drug-likeness (QED) is 0.408. The van der Waals surface area contributed by atoms with Crippen LogP contribution in [0.4, 0.5) is 5.13 Å². The highest BCUT2D eigenvalue weighted by molar-refractivity contribution is 7.22. The fourth-order valence-electron chi connectivity index (χ4n) is 4.36. The lowest BCUT2D eigenvalue weighted by Crippen LogP contribution is -2.32. The van der Waals surface area contributed by atoms with Gasteiger partial charge in [-0.3, -0.25) is 14.7 Å². The van der Waals surface area contributed by atoms with E-state index in [4.69, 9.17) is 5.73 Å². The van der Waals surface area contributed by atoms with Gasteiger partial charge in [0.1, 0.15) is 0 Å². The van der Waals surface area contributed by atoms with Crippen LogP contribution >= 0.6 is 11.3 Å². The Hall–Kier alpha value is -3.56. The van der Waals surface area contributed by atoms with E-state index in [0.29, 0.717) is 24.8 Å². The van der Waals surface area contributed by atoms with Gasteiger partial charge in [0, 0.05) is 43.7 Å². The monoisotopic (exact) mass is 460 g/mol. The van der Waals surface area contributed by atoms with Crippen molar-refractivity contribution in [3.8, 4) is 11.1 Å². The van der Waals surface area contributed by atoms with Crippen LogP contribution in [-0.2, 0) is 9.59 Å². The Kier molecular flexibility index (Phi) is 5.89. The van der Waals surface area contributed by atoms with Gasteiger partial charge in [-0.15, -0.1) is 0 Å². The van der Waals surface area contributed by atoms with Crippen molar-refractivity contribution < 1.29 is 9.59 Å². The molecule has 2 atom stereocenters. The maximum atomic E-state index is 13.3. The van der Waals surface area contributed by atoms with Crippen molar-refractivity contribution in [3.05, 3.63) is 66.5 Å². The second-order valence-electron chi connectivity index (χ2n) is 8.14. The first-order chi connectivity index (χ1) is 16.1. The van der Waals surface area contributed by atoms with E-state index in [1.165, 1.54) is 11.3 Å². The molecule has 1 fully saturated rings. The lowest BCUT2D eigenvalue weighted by atomic mass is 9.88. The Bertz CT molecular complexity index is 1270. The zero-order valence-corrected chi connectivity index (χ0v) is 18.7. The molecule has 1 aliphatic heterocycles. The smallest absolute Gasteiger partial charge is 0.231 e. The van der Waals surface area contributed by atoms with Crippen LogP contribution in [0.5, 0.6) is 0 Å². The molecule has 0 spiro atoms. The highest BCUT2D eigenvalue weighted by Crippen LogP contribution is 2.35. The van der Waals surface area contributed by atoms with Gasteiger partial charge in [-0.2, -0.15) is 5.10 Å². The number of aromatic amines is 1.